The van der Waals surface area contributed by atoms with Crippen LogP contribution in [0, 0.1) is 11.6 Å². The molecule has 0 aromatic heterocycles. The first-order valence-electron chi connectivity index (χ1n) is 9.94. The van der Waals surface area contributed by atoms with E-state index in [2.05, 4.69) is 10.6 Å². The van der Waals surface area contributed by atoms with Gasteiger partial charge in [-0.05, 0) is 28.8 Å². The summed E-state index contributed by atoms with van der Waals surface area (Å²) in [7, 11) is 0. The topological polar surface area (TPSA) is 131 Å². The van der Waals surface area contributed by atoms with Crippen molar-refractivity contribution in [3.8, 4) is 11.1 Å². The number of halogens is 2. The highest BCUT2D eigenvalue weighted by molar-refractivity contribution is 5.93. The summed E-state index contributed by atoms with van der Waals surface area (Å²) in [6.07, 6.45) is -1.04. The minimum absolute atomic E-state index is 0.0682. The smallest absolute Gasteiger partial charge is 0.405 e. The monoisotopic (exact) mass is 447 g/mol. The van der Waals surface area contributed by atoms with Crippen LogP contribution in [-0.4, -0.2) is 47.8 Å². The van der Waals surface area contributed by atoms with Crippen molar-refractivity contribution < 1.29 is 33.0 Å². The van der Waals surface area contributed by atoms with Crippen LogP contribution in [0.15, 0.2) is 42.5 Å². The van der Waals surface area contributed by atoms with Crippen LogP contribution < -0.4 is 16.4 Å². The zero-order chi connectivity index (χ0) is 23.3. The van der Waals surface area contributed by atoms with Gasteiger partial charge < -0.3 is 26.2 Å². The van der Waals surface area contributed by atoms with E-state index < -0.39 is 41.1 Å². The Balaban J connectivity index is 1.73. The molecule has 8 nitrogen and oxygen atoms in total. The number of hydrogen-bond acceptors (Lipinski definition) is 4. The van der Waals surface area contributed by atoms with Gasteiger partial charge in [-0.1, -0.05) is 30.3 Å². The van der Waals surface area contributed by atoms with Gasteiger partial charge >= 0.3 is 6.09 Å². The van der Waals surface area contributed by atoms with Crippen molar-refractivity contribution in [3.05, 3.63) is 59.7 Å². The quantitative estimate of drug-likeness (QED) is 0.515. The highest BCUT2D eigenvalue weighted by atomic mass is 19.2. The molecule has 170 valence electrons. The number of nitrogens with two attached hydrogens (primary N) is 1. The van der Waals surface area contributed by atoms with Gasteiger partial charge in [0, 0.05) is 32.5 Å². The van der Waals surface area contributed by atoms with E-state index in [0.717, 1.165) is 12.1 Å². The van der Waals surface area contributed by atoms with E-state index in [9.17, 15) is 23.2 Å². The van der Waals surface area contributed by atoms with Gasteiger partial charge in [0.05, 0.1) is 0 Å². The normalized spacial score (nSPS) is 16.1. The van der Waals surface area contributed by atoms with Gasteiger partial charge in [-0.15, -0.1) is 0 Å². The van der Waals surface area contributed by atoms with E-state index in [4.69, 9.17) is 15.6 Å². The molecule has 1 atom stereocenters. The fourth-order valence-corrected chi connectivity index (χ4v) is 3.60. The lowest BCUT2D eigenvalue weighted by atomic mass is 9.88. The van der Waals surface area contributed by atoms with Gasteiger partial charge in [0.15, 0.2) is 11.6 Å². The summed E-state index contributed by atoms with van der Waals surface area (Å²) in [5, 5.41) is 13.9. The van der Waals surface area contributed by atoms with Crippen molar-refractivity contribution in [1.82, 2.24) is 10.6 Å². The summed E-state index contributed by atoms with van der Waals surface area (Å²) >= 11 is 0. The van der Waals surface area contributed by atoms with Crippen LogP contribution in [0.2, 0.25) is 0 Å². The Morgan fingerprint density at radius 3 is 2.22 bits per heavy atom. The van der Waals surface area contributed by atoms with Crippen LogP contribution in [0.3, 0.4) is 0 Å². The van der Waals surface area contributed by atoms with Crippen molar-refractivity contribution in [3.63, 3.8) is 0 Å². The van der Waals surface area contributed by atoms with Crippen molar-refractivity contribution in [2.24, 2.45) is 5.73 Å². The largest absolute Gasteiger partial charge is 0.465 e. The van der Waals surface area contributed by atoms with E-state index in [1.54, 1.807) is 24.3 Å². The lowest BCUT2D eigenvalue weighted by molar-refractivity contribution is -0.134. The number of hydrogen-bond donors (Lipinski definition) is 4. The van der Waals surface area contributed by atoms with Gasteiger partial charge in [-0.25, -0.2) is 13.6 Å². The van der Waals surface area contributed by atoms with Gasteiger partial charge in [0.2, 0.25) is 11.8 Å². The first kappa shape index (κ1) is 23.1. The molecule has 0 aliphatic carbocycles. The molecule has 10 heteroatoms. The molecule has 0 spiro atoms. The third-order valence-electron chi connectivity index (χ3n) is 5.42. The second kappa shape index (κ2) is 9.73. The molecule has 1 heterocycles. The standard InChI is InChI=1S/C22H23F2N3O5/c23-16-6-5-15(12-17(16)24)14-3-1-13(2-4-14)11-18(19(25)28)26-20(29)22(27-21(30)31)7-9-32-10-8-22/h1-6,12,18,27H,7-11H2,(H2,25,28)(H,26,29)(H,30,31). The van der Waals surface area contributed by atoms with Crippen molar-refractivity contribution in [2.45, 2.75) is 30.8 Å². The molecule has 1 unspecified atom stereocenters. The number of benzene rings is 2. The molecule has 1 aliphatic rings. The number of carbonyl (C=O) groups is 3. The van der Waals surface area contributed by atoms with Crippen molar-refractivity contribution in [2.75, 3.05) is 13.2 Å². The maximum Gasteiger partial charge on any atom is 0.405 e. The highest BCUT2D eigenvalue weighted by Gasteiger charge is 2.42. The number of primary amides is 1. The Morgan fingerprint density at radius 1 is 1.03 bits per heavy atom. The molecule has 32 heavy (non-hydrogen) atoms. The number of nitrogens with one attached hydrogen (secondary N) is 2. The number of carboxylic acid groups (broad SMARTS) is 1. The third kappa shape index (κ3) is 5.38. The summed E-state index contributed by atoms with van der Waals surface area (Å²) in [4.78, 5) is 36.1. The van der Waals surface area contributed by atoms with Crippen LogP contribution in [0.5, 0.6) is 0 Å². The minimum Gasteiger partial charge on any atom is -0.465 e. The van der Waals surface area contributed by atoms with E-state index in [1.807, 2.05) is 0 Å². The van der Waals surface area contributed by atoms with Gasteiger partial charge in [-0.3, -0.25) is 9.59 Å². The van der Waals surface area contributed by atoms with E-state index in [-0.39, 0.29) is 32.5 Å². The predicted octanol–water partition coefficient (Wildman–Crippen LogP) is 1.96. The van der Waals surface area contributed by atoms with Gasteiger partial charge in [0.1, 0.15) is 11.6 Å². The molecule has 2 aromatic rings. The summed E-state index contributed by atoms with van der Waals surface area (Å²) in [6, 6.07) is 9.20. The second-order valence-electron chi connectivity index (χ2n) is 7.58. The number of amides is 3. The second-order valence-corrected chi connectivity index (χ2v) is 7.58. The molecule has 3 amide bonds. The maximum atomic E-state index is 13.5. The summed E-state index contributed by atoms with van der Waals surface area (Å²) in [5.74, 6) is -3.32. The van der Waals surface area contributed by atoms with Gasteiger partial charge in [-0.2, -0.15) is 0 Å². The molecule has 2 aromatic carbocycles. The Morgan fingerprint density at radius 2 is 1.66 bits per heavy atom. The zero-order valence-electron chi connectivity index (χ0n) is 17.1. The van der Waals surface area contributed by atoms with Gasteiger partial charge in [0.25, 0.3) is 0 Å². The molecule has 5 N–H and O–H groups in total. The number of rotatable bonds is 7. The average molecular weight is 447 g/mol. The summed E-state index contributed by atoms with van der Waals surface area (Å²) in [5.41, 5.74) is 5.84. The molecule has 1 fully saturated rings. The van der Waals surface area contributed by atoms with Crippen LogP contribution in [0.4, 0.5) is 13.6 Å². The van der Waals surface area contributed by atoms with Crippen LogP contribution in [-0.2, 0) is 20.7 Å². The fraction of sp³-hybridized carbons (Fsp3) is 0.318. The van der Waals surface area contributed by atoms with Crippen molar-refractivity contribution in [1.29, 1.82) is 0 Å². The predicted molar refractivity (Wildman–Crippen MR) is 111 cm³/mol. The lowest BCUT2D eigenvalue weighted by Gasteiger charge is -2.36. The first-order valence-corrected chi connectivity index (χ1v) is 9.94. The van der Waals surface area contributed by atoms with E-state index in [1.165, 1.54) is 6.07 Å². The first-order chi connectivity index (χ1) is 15.2. The third-order valence-corrected chi connectivity index (χ3v) is 5.42. The Hall–Kier alpha value is -3.53. The van der Waals surface area contributed by atoms with E-state index >= 15 is 0 Å². The Bertz CT molecular complexity index is 1010. The minimum atomic E-state index is -1.41. The highest BCUT2D eigenvalue weighted by Crippen LogP contribution is 2.24. The molecule has 3 rings (SSSR count). The SMILES string of the molecule is NC(=O)C(Cc1ccc(-c2ccc(F)c(F)c2)cc1)NC(=O)C1(NC(=O)O)CCOCC1. The molecule has 1 saturated heterocycles. The molecule has 0 radical (unpaired) electrons. The van der Waals surface area contributed by atoms with E-state index in [0.29, 0.717) is 16.7 Å². The maximum absolute atomic E-state index is 13.5. The molecule has 0 bridgehead atoms. The zero-order valence-corrected chi connectivity index (χ0v) is 17.1. The molecule has 1 aliphatic heterocycles. The molecule has 0 saturated carbocycles. The average Bonchev–Trinajstić information content (AvgIpc) is 2.75. The fourth-order valence-electron chi connectivity index (χ4n) is 3.60. The Labute approximate surface area is 182 Å². The number of carbonyl (C=O) groups excluding carboxylic acids is 2. The molecular formula is C22H23F2N3O5. The van der Waals surface area contributed by atoms with Crippen LogP contribution in [0.25, 0.3) is 11.1 Å². The van der Waals surface area contributed by atoms with Crippen LogP contribution >= 0.6 is 0 Å². The lowest BCUT2D eigenvalue weighted by Crippen LogP contribution is -2.63. The molecular weight excluding hydrogens is 424 g/mol. The van der Waals surface area contributed by atoms with Crippen LogP contribution in [0.1, 0.15) is 18.4 Å². The number of ether oxygens (including phenoxy) is 1. The van der Waals surface area contributed by atoms with Crippen molar-refractivity contribution >= 4 is 17.9 Å². The summed E-state index contributed by atoms with van der Waals surface area (Å²) in [6.45, 7) is 0.390. The summed E-state index contributed by atoms with van der Waals surface area (Å²) < 4.78 is 31.8. The Kier molecular flexibility index (Phi) is 7.04.